The molecule has 0 saturated carbocycles. The zero-order valence-corrected chi connectivity index (χ0v) is 11.8. The molecule has 1 heterocycles. The lowest BCUT2D eigenvalue weighted by Gasteiger charge is -2.29. The molecule has 0 N–H and O–H groups in total. The summed E-state index contributed by atoms with van der Waals surface area (Å²) in [4.78, 5) is 2.37. The van der Waals surface area contributed by atoms with Crippen molar-refractivity contribution >= 4 is 0 Å². The Morgan fingerprint density at radius 2 is 2.06 bits per heavy atom. The van der Waals surface area contributed by atoms with Crippen LogP contribution < -0.4 is 0 Å². The van der Waals surface area contributed by atoms with Gasteiger partial charge < -0.3 is 4.90 Å². The molecule has 2 unspecified atom stereocenters. The zero-order chi connectivity index (χ0) is 12.6. The van der Waals surface area contributed by atoms with Gasteiger partial charge in [0.15, 0.2) is 0 Å². The Balaban J connectivity index is 2.45. The standard InChI is InChI=1S/C16H25N/c1-12-6-7-13(2)15-14(10-12)11-16(3,4)8-9-17(15)5/h7-9,11-12,15H,6,10H2,1-5H3. The molecule has 2 atom stereocenters. The number of nitrogens with zero attached hydrogens (tertiary/aromatic N) is 1. The molecule has 2 rings (SSSR count). The van der Waals surface area contributed by atoms with Gasteiger partial charge in [-0.3, -0.25) is 0 Å². The summed E-state index contributed by atoms with van der Waals surface area (Å²) < 4.78 is 0. The van der Waals surface area contributed by atoms with Gasteiger partial charge in [0.25, 0.3) is 0 Å². The van der Waals surface area contributed by atoms with Gasteiger partial charge in [-0.05, 0) is 37.5 Å². The Labute approximate surface area is 106 Å². The molecule has 0 spiro atoms. The zero-order valence-electron chi connectivity index (χ0n) is 11.8. The van der Waals surface area contributed by atoms with Crippen molar-refractivity contribution in [3.63, 3.8) is 0 Å². The highest BCUT2D eigenvalue weighted by Gasteiger charge is 2.28. The topological polar surface area (TPSA) is 3.24 Å². The first kappa shape index (κ1) is 12.5. The van der Waals surface area contributed by atoms with Gasteiger partial charge in [0.05, 0.1) is 6.04 Å². The number of hydrogen-bond donors (Lipinski definition) is 0. The van der Waals surface area contributed by atoms with Crippen LogP contribution in [-0.2, 0) is 0 Å². The highest BCUT2D eigenvalue weighted by molar-refractivity contribution is 5.33. The van der Waals surface area contributed by atoms with Gasteiger partial charge in [-0.25, -0.2) is 0 Å². The minimum Gasteiger partial charge on any atom is -0.370 e. The van der Waals surface area contributed by atoms with Crippen molar-refractivity contribution in [3.05, 3.63) is 35.6 Å². The number of rotatable bonds is 0. The monoisotopic (exact) mass is 231 g/mol. The predicted octanol–water partition coefficient (Wildman–Crippen LogP) is 4.14. The van der Waals surface area contributed by atoms with Crippen LogP contribution in [0.25, 0.3) is 0 Å². The smallest absolute Gasteiger partial charge is 0.0704 e. The summed E-state index contributed by atoms with van der Waals surface area (Å²) in [5.41, 5.74) is 3.29. The number of hydrogen-bond acceptors (Lipinski definition) is 1. The van der Waals surface area contributed by atoms with E-state index < -0.39 is 0 Å². The number of fused-ring (bicyclic) bond motifs is 1. The maximum absolute atomic E-state index is 2.48. The molecule has 2 aliphatic rings. The Kier molecular flexibility index (Phi) is 3.20. The number of likely N-dealkylation sites (N-methyl/N-ethyl adjacent to an activating group) is 1. The van der Waals surface area contributed by atoms with Gasteiger partial charge in [0, 0.05) is 12.5 Å². The molecule has 0 bridgehead atoms. The van der Waals surface area contributed by atoms with Crippen molar-refractivity contribution in [3.8, 4) is 0 Å². The van der Waals surface area contributed by atoms with Crippen LogP contribution in [0, 0.1) is 11.3 Å². The highest BCUT2D eigenvalue weighted by Crippen LogP contribution is 2.36. The van der Waals surface area contributed by atoms with Gasteiger partial charge in [-0.2, -0.15) is 0 Å². The molecule has 0 aromatic carbocycles. The van der Waals surface area contributed by atoms with E-state index in [1.165, 1.54) is 18.4 Å². The molecule has 1 heteroatoms. The van der Waals surface area contributed by atoms with E-state index in [-0.39, 0.29) is 5.41 Å². The van der Waals surface area contributed by atoms with Crippen molar-refractivity contribution in [2.45, 2.75) is 46.6 Å². The maximum atomic E-state index is 2.48. The highest BCUT2D eigenvalue weighted by atomic mass is 15.1. The Hall–Kier alpha value is -0.980. The summed E-state index contributed by atoms with van der Waals surface area (Å²) in [6, 6.07) is 0.484. The molecule has 1 nitrogen and oxygen atoms in total. The summed E-state index contributed by atoms with van der Waals surface area (Å²) in [7, 11) is 2.20. The molecule has 17 heavy (non-hydrogen) atoms. The van der Waals surface area contributed by atoms with E-state index in [0.29, 0.717) is 6.04 Å². The molecule has 0 fully saturated rings. The Bertz CT molecular complexity index is 384. The van der Waals surface area contributed by atoms with E-state index in [1.54, 1.807) is 5.57 Å². The van der Waals surface area contributed by atoms with E-state index >= 15 is 0 Å². The lowest BCUT2D eigenvalue weighted by atomic mass is 9.86. The molecule has 94 valence electrons. The van der Waals surface area contributed by atoms with E-state index in [4.69, 9.17) is 0 Å². The molecular formula is C16H25N. The lowest BCUT2D eigenvalue weighted by Crippen LogP contribution is -2.29. The minimum absolute atomic E-state index is 0.183. The van der Waals surface area contributed by atoms with Crippen molar-refractivity contribution in [1.29, 1.82) is 0 Å². The summed E-state index contributed by atoms with van der Waals surface area (Å²) >= 11 is 0. The third-order valence-electron chi connectivity index (χ3n) is 3.91. The van der Waals surface area contributed by atoms with Gasteiger partial charge in [-0.1, -0.05) is 44.6 Å². The lowest BCUT2D eigenvalue weighted by molar-refractivity contribution is 0.399. The average Bonchev–Trinajstić information content (AvgIpc) is 2.41. The second-order valence-corrected chi connectivity index (χ2v) is 6.42. The summed E-state index contributed by atoms with van der Waals surface area (Å²) in [6.45, 7) is 9.22. The van der Waals surface area contributed by atoms with Crippen molar-refractivity contribution in [1.82, 2.24) is 4.90 Å². The first-order valence-electron chi connectivity index (χ1n) is 6.68. The van der Waals surface area contributed by atoms with Gasteiger partial charge in [0.1, 0.15) is 0 Å². The van der Waals surface area contributed by atoms with E-state index in [0.717, 1.165) is 5.92 Å². The van der Waals surface area contributed by atoms with E-state index in [2.05, 4.69) is 64.1 Å². The second kappa shape index (κ2) is 4.36. The van der Waals surface area contributed by atoms with E-state index in [9.17, 15) is 0 Å². The van der Waals surface area contributed by atoms with Crippen LogP contribution in [0.3, 0.4) is 0 Å². The molecule has 1 aliphatic heterocycles. The summed E-state index contributed by atoms with van der Waals surface area (Å²) in [5, 5.41) is 0. The molecule has 0 aromatic heterocycles. The molecular weight excluding hydrogens is 206 g/mol. The van der Waals surface area contributed by atoms with Crippen molar-refractivity contribution in [2.24, 2.45) is 11.3 Å². The molecule has 0 aromatic rings. The fourth-order valence-electron chi connectivity index (χ4n) is 3.03. The summed E-state index contributed by atoms with van der Waals surface area (Å²) in [6.07, 6.45) is 11.9. The quantitative estimate of drug-likeness (QED) is 0.566. The number of allylic oxidation sites excluding steroid dienone is 3. The molecule has 0 radical (unpaired) electrons. The van der Waals surface area contributed by atoms with Gasteiger partial charge in [-0.15, -0.1) is 0 Å². The van der Waals surface area contributed by atoms with Crippen LogP contribution in [0.4, 0.5) is 0 Å². The Morgan fingerprint density at radius 3 is 2.76 bits per heavy atom. The fourth-order valence-corrected chi connectivity index (χ4v) is 3.03. The largest absolute Gasteiger partial charge is 0.370 e. The molecule has 0 amide bonds. The minimum atomic E-state index is 0.183. The third-order valence-corrected chi connectivity index (χ3v) is 3.91. The van der Waals surface area contributed by atoms with Crippen LogP contribution in [-0.4, -0.2) is 18.0 Å². The average molecular weight is 231 g/mol. The van der Waals surface area contributed by atoms with Crippen LogP contribution >= 0.6 is 0 Å². The van der Waals surface area contributed by atoms with Crippen LogP contribution in [0.5, 0.6) is 0 Å². The van der Waals surface area contributed by atoms with E-state index in [1.807, 2.05) is 0 Å². The fraction of sp³-hybridized carbons (Fsp3) is 0.625. The first-order valence-corrected chi connectivity index (χ1v) is 6.68. The van der Waals surface area contributed by atoms with Crippen LogP contribution in [0.2, 0.25) is 0 Å². The second-order valence-electron chi connectivity index (χ2n) is 6.42. The van der Waals surface area contributed by atoms with Gasteiger partial charge >= 0.3 is 0 Å². The third kappa shape index (κ3) is 2.65. The normalized spacial score (nSPS) is 32.2. The van der Waals surface area contributed by atoms with Crippen molar-refractivity contribution in [2.75, 3.05) is 7.05 Å². The Morgan fingerprint density at radius 1 is 1.35 bits per heavy atom. The van der Waals surface area contributed by atoms with Crippen LogP contribution in [0.1, 0.15) is 40.5 Å². The maximum Gasteiger partial charge on any atom is 0.0704 e. The summed E-state index contributed by atoms with van der Waals surface area (Å²) in [5.74, 6) is 0.767. The predicted molar refractivity (Wildman–Crippen MR) is 74.7 cm³/mol. The first-order chi connectivity index (χ1) is 7.89. The molecule has 1 aliphatic carbocycles. The van der Waals surface area contributed by atoms with Crippen molar-refractivity contribution < 1.29 is 0 Å². The van der Waals surface area contributed by atoms with Gasteiger partial charge in [0.2, 0.25) is 0 Å². The van der Waals surface area contributed by atoms with Crippen LogP contribution in [0.15, 0.2) is 35.6 Å². The molecule has 0 saturated heterocycles. The SMILES string of the molecule is CC1=CCC(C)CC2=CC(C)(C)C=CN(C)C12.